The van der Waals surface area contributed by atoms with Crippen LogP contribution in [0.3, 0.4) is 0 Å². The maximum absolute atomic E-state index is 12.7. The topological polar surface area (TPSA) is 126 Å². The monoisotopic (exact) mass is 480 g/mol. The Morgan fingerprint density at radius 2 is 2.16 bits per heavy atom. The van der Waals surface area contributed by atoms with Gasteiger partial charge in [-0.05, 0) is 50.5 Å². The number of carbonyl (C=O) groups excluding carboxylic acids is 1. The van der Waals surface area contributed by atoms with Gasteiger partial charge in [0.2, 0.25) is 11.8 Å². The van der Waals surface area contributed by atoms with E-state index in [1.165, 1.54) is 22.6 Å². The van der Waals surface area contributed by atoms with E-state index >= 15 is 0 Å². The van der Waals surface area contributed by atoms with Gasteiger partial charge in [0.1, 0.15) is 11.1 Å². The molecule has 1 fully saturated rings. The molecule has 0 spiro atoms. The smallest absolute Gasteiger partial charge is 0.277 e. The second-order valence-corrected chi connectivity index (χ2v) is 12.7. The number of thioether (sulfide) groups is 1. The van der Waals surface area contributed by atoms with E-state index in [0.29, 0.717) is 29.3 Å². The first-order valence-electron chi connectivity index (χ1n) is 10.4. The minimum absolute atomic E-state index is 0.00230. The lowest BCUT2D eigenvalue weighted by Gasteiger charge is -2.09. The van der Waals surface area contributed by atoms with Crippen molar-refractivity contribution in [1.82, 2.24) is 10.2 Å². The van der Waals surface area contributed by atoms with Gasteiger partial charge in [-0.1, -0.05) is 18.2 Å². The molecule has 2 aromatic heterocycles. The van der Waals surface area contributed by atoms with Gasteiger partial charge in [0.25, 0.3) is 5.22 Å². The Morgan fingerprint density at radius 3 is 2.90 bits per heavy atom. The first-order chi connectivity index (χ1) is 14.8. The van der Waals surface area contributed by atoms with E-state index in [4.69, 9.17) is 4.42 Å². The molecule has 0 unspecified atom stereocenters. The maximum atomic E-state index is 12.7. The summed E-state index contributed by atoms with van der Waals surface area (Å²) in [7, 11) is -2.95. The molecule has 2 aromatic rings. The Balaban J connectivity index is 1.36. The third-order valence-electron chi connectivity index (χ3n) is 5.66. The summed E-state index contributed by atoms with van der Waals surface area (Å²) in [5.41, 5.74) is 1.69. The van der Waals surface area contributed by atoms with Crippen LogP contribution in [0.1, 0.15) is 54.5 Å². The van der Waals surface area contributed by atoms with Crippen LogP contribution in [0, 0.1) is 17.2 Å². The normalized spacial score (nSPS) is 21.1. The number of thiophene rings is 1. The number of nitrogens with one attached hydrogen (secondary N) is 1. The SMILES string of the molecule is C[C@@H](Sc1nnc(C[C@H]2CCS(=O)(=O)C2)o1)C(=O)Nc1sc2c(c1C#N)CCCCC2. The molecule has 1 aliphatic heterocycles. The number of aryl methyl sites for hydroxylation is 1. The fourth-order valence-electron chi connectivity index (χ4n) is 4.02. The van der Waals surface area contributed by atoms with Crippen molar-refractivity contribution in [3.05, 3.63) is 21.9 Å². The third-order valence-corrected chi connectivity index (χ3v) is 9.63. The largest absolute Gasteiger partial charge is 0.416 e. The van der Waals surface area contributed by atoms with Gasteiger partial charge in [0.05, 0.1) is 22.3 Å². The quantitative estimate of drug-likeness (QED) is 0.493. The van der Waals surface area contributed by atoms with Gasteiger partial charge in [-0.15, -0.1) is 21.5 Å². The minimum atomic E-state index is -2.95. The lowest BCUT2D eigenvalue weighted by atomic mass is 10.1. The average Bonchev–Trinajstić information content (AvgIpc) is 3.34. The second-order valence-electron chi connectivity index (χ2n) is 8.06. The van der Waals surface area contributed by atoms with Gasteiger partial charge in [0.15, 0.2) is 9.84 Å². The highest BCUT2D eigenvalue weighted by atomic mass is 32.2. The van der Waals surface area contributed by atoms with E-state index in [1.807, 2.05) is 0 Å². The maximum Gasteiger partial charge on any atom is 0.277 e. The molecule has 11 heteroatoms. The van der Waals surface area contributed by atoms with Crippen LogP contribution in [0.2, 0.25) is 0 Å². The molecule has 1 saturated heterocycles. The number of sulfone groups is 1. The van der Waals surface area contributed by atoms with Gasteiger partial charge in [0, 0.05) is 11.3 Å². The number of hydrogen-bond acceptors (Lipinski definition) is 9. The minimum Gasteiger partial charge on any atom is -0.416 e. The molecule has 166 valence electrons. The molecule has 4 rings (SSSR count). The van der Waals surface area contributed by atoms with Gasteiger partial charge in [-0.25, -0.2) is 8.42 Å². The van der Waals surface area contributed by atoms with Crippen molar-refractivity contribution in [2.75, 3.05) is 16.8 Å². The van der Waals surface area contributed by atoms with Crippen LogP contribution >= 0.6 is 23.1 Å². The highest BCUT2D eigenvalue weighted by Gasteiger charge is 2.30. The molecule has 1 aliphatic carbocycles. The van der Waals surface area contributed by atoms with Gasteiger partial charge in [-0.3, -0.25) is 4.79 Å². The number of aromatic nitrogens is 2. The summed E-state index contributed by atoms with van der Waals surface area (Å²) in [4.78, 5) is 13.9. The molecule has 0 bridgehead atoms. The Morgan fingerprint density at radius 1 is 1.35 bits per heavy atom. The molecule has 1 amide bonds. The number of nitrogens with zero attached hydrogens (tertiary/aromatic N) is 3. The van der Waals surface area contributed by atoms with E-state index in [0.717, 1.165) is 43.0 Å². The number of fused-ring (bicyclic) bond motifs is 1. The van der Waals surface area contributed by atoms with Crippen molar-refractivity contribution in [3.63, 3.8) is 0 Å². The number of hydrogen-bond donors (Lipinski definition) is 1. The Hall–Kier alpha value is -1.90. The summed E-state index contributed by atoms with van der Waals surface area (Å²) in [6, 6.07) is 2.27. The molecule has 31 heavy (non-hydrogen) atoms. The third kappa shape index (κ3) is 5.30. The van der Waals surface area contributed by atoms with E-state index < -0.39 is 15.1 Å². The van der Waals surface area contributed by atoms with Crippen LogP contribution in [0.15, 0.2) is 9.64 Å². The number of carbonyl (C=O) groups is 1. The lowest BCUT2D eigenvalue weighted by molar-refractivity contribution is -0.115. The van der Waals surface area contributed by atoms with E-state index in [1.54, 1.807) is 6.92 Å². The molecule has 8 nitrogen and oxygen atoms in total. The lowest BCUT2D eigenvalue weighted by Crippen LogP contribution is -2.22. The summed E-state index contributed by atoms with van der Waals surface area (Å²) < 4.78 is 28.8. The van der Waals surface area contributed by atoms with Gasteiger partial charge in [-0.2, -0.15) is 5.26 Å². The molecule has 0 aromatic carbocycles. The van der Waals surface area contributed by atoms with E-state index in [9.17, 15) is 18.5 Å². The van der Waals surface area contributed by atoms with Crippen molar-refractivity contribution in [2.45, 2.75) is 62.3 Å². The van der Waals surface area contributed by atoms with Crippen LogP contribution in [0.25, 0.3) is 0 Å². The Bertz CT molecular complexity index is 1120. The number of anilines is 1. The fourth-order valence-corrected chi connectivity index (χ4v) is 7.82. The second kappa shape index (κ2) is 9.30. The number of amides is 1. The van der Waals surface area contributed by atoms with Crippen molar-refractivity contribution < 1.29 is 17.6 Å². The summed E-state index contributed by atoms with van der Waals surface area (Å²) in [6.07, 6.45) is 6.25. The first-order valence-corrected chi connectivity index (χ1v) is 13.9. The molecule has 2 aliphatic rings. The zero-order valence-electron chi connectivity index (χ0n) is 17.2. The molecule has 1 N–H and O–H groups in total. The van der Waals surface area contributed by atoms with Gasteiger partial charge < -0.3 is 9.73 Å². The summed E-state index contributed by atoms with van der Waals surface area (Å²) in [5, 5.41) is 20.9. The van der Waals surface area contributed by atoms with E-state index in [2.05, 4.69) is 21.6 Å². The summed E-state index contributed by atoms with van der Waals surface area (Å²) in [6.45, 7) is 1.75. The van der Waals surface area contributed by atoms with Crippen molar-refractivity contribution in [3.8, 4) is 6.07 Å². The molecule has 3 heterocycles. The highest BCUT2D eigenvalue weighted by molar-refractivity contribution is 8.00. The van der Waals surface area contributed by atoms with Crippen molar-refractivity contribution >= 4 is 43.8 Å². The van der Waals surface area contributed by atoms with Crippen LogP contribution in [-0.2, 0) is 33.9 Å². The first kappa shape index (κ1) is 22.3. The summed E-state index contributed by atoms with van der Waals surface area (Å²) >= 11 is 2.66. The summed E-state index contributed by atoms with van der Waals surface area (Å²) in [5.74, 6) is 0.539. The predicted molar refractivity (Wildman–Crippen MR) is 119 cm³/mol. The standard InChI is InChI=1S/C20H24N4O4S3/c1-12(29-20-24-23-17(28-20)9-13-7-8-31(26,27)11-13)18(25)22-19-15(10-21)14-5-3-2-4-6-16(14)30-19/h12-13H,2-9,11H2,1H3,(H,22,25)/t12-,13-/m1/s1. The number of rotatable bonds is 6. The molecule has 0 radical (unpaired) electrons. The van der Waals surface area contributed by atoms with Crippen LogP contribution in [-0.4, -0.2) is 41.3 Å². The fraction of sp³-hybridized carbons (Fsp3) is 0.600. The highest BCUT2D eigenvalue weighted by Crippen LogP contribution is 2.37. The molecule has 2 atom stereocenters. The van der Waals surface area contributed by atoms with E-state index in [-0.39, 0.29) is 28.6 Å². The van der Waals surface area contributed by atoms with Gasteiger partial charge >= 0.3 is 0 Å². The Kier molecular flexibility index (Phi) is 6.69. The number of nitriles is 1. The predicted octanol–water partition coefficient (Wildman–Crippen LogP) is 3.37. The van der Waals surface area contributed by atoms with Crippen LogP contribution in [0.5, 0.6) is 0 Å². The molecule has 0 saturated carbocycles. The van der Waals surface area contributed by atoms with Crippen LogP contribution < -0.4 is 5.32 Å². The molecular weight excluding hydrogens is 456 g/mol. The average molecular weight is 481 g/mol. The molecular formula is C20H24N4O4S3. The van der Waals surface area contributed by atoms with Crippen molar-refractivity contribution in [1.29, 1.82) is 5.26 Å². The zero-order valence-corrected chi connectivity index (χ0v) is 19.7. The van der Waals surface area contributed by atoms with Crippen LogP contribution in [0.4, 0.5) is 5.00 Å². The zero-order chi connectivity index (χ0) is 22.0. The Labute approximate surface area is 189 Å². The van der Waals surface area contributed by atoms with Crippen molar-refractivity contribution in [2.24, 2.45) is 5.92 Å².